The maximum absolute atomic E-state index is 13.5. The predicted molar refractivity (Wildman–Crippen MR) is 129 cm³/mol. The topological polar surface area (TPSA) is 81.3 Å². The van der Waals surface area contributed by atoms with E-state index in [1.807, 2.05) is 56.3 Å². The summed E-state index contributed by atoms with van der Waals surface area (Å²) in [6.07, 6.45) is 0. The van der Waals surface area contributed by atoms with Crippen LogP contribution in [0, 0.1) is 13.8 Å². The number of carbonyl (C=O) groups is 1. The molecular formula is C25H20ClN5O2. The third-order valence-corrected chi connectivity index (χ3v) is 5.71. The summed E-state index contributed by atoms with van der Waals surface area (Å²) < 4.78 is 3.12. The summed E-state index contributed by atoms with van der Waals surface area (Å²) in [6.45, 7) is 4.37. The number of nitrogens with one attached hydrogen (secondary N) is 1. The van der Waals surface area contributed by atoms with Crippen molar-refractivity contribution in [3.63, 3.8) is 0 Å². The van der Waals surface area contributed by atoms with E-state index < -0.39 is 5.91 Å². The fourth-order valence-corrected chi connectivity index (χ4v) is 3.85. The van der Waals surface area contributed by atoms with Crippen molar-refractivity contribution in [3.8, 4) is 0 Å². The SMILES string of the molecule is Cc1ccc(Cn2c(=O)c3nc(C(=O)Nc4ccc(Cl)cc4)nn3c3ccc(C)cc32)cc1. The van der Waals surface area contributed by atoms with Crippen LogP contribution in [-0.4, -0.2) is 25.1 Å². The molecule has 1 N–H and O–H groups in total. The molecule has 0 aliphatic carbocycles. The number of aromatic nitrogens is 4. The van der Waals surface area contributed by atoms with Gasteiger partial charge in [-0.25, -0.2) is 4.52 Å². The molecule has 0 bridgehead atoms. The van der Waals surface area contributed by atoms with E-state index in [0.29, 0.717) is 22.8 Å². The highest BCUT2D eigenvalue weighted by Gasteiger charge is 2.19. The summed E-state index contributed by atoms with van der Waals surface area (Å²) in [7, 11) is 0. The molecule has 5 rings (SSSR count). The first-order chi connectivity index (χ1) is 15.9. The minimum absolute atomic E-state index is 0.0861. The van der Waals surface area contributed by atoms with Crippen LogP contribution in [-0.2, 0) is 6.54 Å². The van der Waals surface area contributed by atoms with Crippen LogP contribution in [0.1, 0.15) is 27.3 Å². The molecule has 5 aromatic rings. The van der Waals surface area contributed by atoms with Crippen LogP contribution in [0.15, 0.2) is 71.5 Å². The molecule has 2 heterocycles. The number of aryl methyl sites for hydroxylation is 2. The lowest BCUT2D eigenvalue weighted by Gasteiger charge is -2.12. The zero-order chi connectivity index (χ0) is 23.1. The average molecular weight is 458 g/mol. The van der Waals surface area contributed by atoms with E-state index in [2.05, 4.69) is 15.4 Å². The fraction of sp³-hybridized carbons (Fsp3) is 0.120. The number of hydrogen-bond acceptors (Lipinski definition) is 4. The number of rotatable bonds is 4. The number of halogens is 1. The molecule has 0 fully saturated rings. The van der Waals surface area contributed by atoms with E-state index >= 15 is 0 Å². The largest absolute Gasteiger partial charge is 0.319 e. The third-order valence-electron chi connectivity index (χ3n) is 5.46. The van der Waals surface area contributed by atoms with E-state index in [9.17, 15) is 9.59 Å². The number of fused-ring (bicyclic) bond motifs is 3. The summed E-state index contributed by atoms with van der Waals surface area (Å²) >= 11 is 5.91. The highest BCUT2D eigenvalue weighted by atomic mass is 35.5. The summed E-state index contributed by atoms with van der Waals surface area (Å²) in [5.41, 5.74) is 4.92. The molecular weight excluding hydrogens is 438 g/mol. The van der Waals surface area contributed by atoms with Crippen molar-refractivity contribution in [1.29, 1.82) is 0 Å². The van der Waals surface area contributed by atoms with Gasteiger partial charge in [0.2, 0.25) is 11.5 Å². The smallest absolute Gasteiger partial charge is 0.296 e. The van der Waals surface area contributed by atoms with Gasteiger partial charge in [0.15, 0.2) is 0 Å². The molecule has 0 unspecified atom stereocenters. The maximum Gasteiger partial charge on any atom is 0.296 e. The van der Waals surface area contributed by atoms with Gasteiger partial charge in [-0.05, 0) is 61.4 Å². The van der Waals surface area contributed by atoms with Crippen LogP contribution < -0.4 is 10.9 Å². The summed E-state index contributed by atoms with van der Waals surface area (Å²) in [5, 5.41) is 7.66. The van der Waals surface area contributed by atoms with Gasteiger partial charge in [-0.15, -0.1) is 5.10 Å². The second-order valence-corrected chi connectivity index (χ2v) is 8.44. The van der Waals surface area contributed by atoms with Gasteiger partial charge >= 0.3 is 0 Å². The van der Waals surface area contributed by atoms with E-state index in [1.165, 1.54) is 4.52 Å². The van der Waals surface area contributed by atoms with Gasteiger partial charge < -0.3 is 5.32 Å². The molecule has 0 atom stereocenters. The Morgan fingerprint density at radius 1 is 0.939 bits per heavy atom. The molecule has 0 aliphatic rings. The molecule has 0 saturated heterocycles. The first kappa shape index (κ1) is 20.9. The van der Waals surface area contributed by atoms with Gasteiger partial charge in [-0.3, -0.25) is 14.2 Å². The molecule has 1 amide bonds. The number of carbonyl (C=O) groups excluding carboxylic acids is 1. The first-order valence-corrected chi connectivity index (χ1v) is 10.8. The van der Waals surface area contributed by atoms with Gasteiger partial charge in [0.1, 0.15) is 0 Å². The van der Waals surface area contributed by atoms with Gasteiger partial charge in [0, 0.05) is 10.7 Å². The van der Waals surface area contributed by atoms with Crippen molar-refractivity contribution >= 4 is 39.9 Å². The average Bonchev–Trinajstić information content (AvgIpc) is 3.25. The van der Waals surface area contributed by atoms with Crippen LogP contribution in [0.25, 0.3) is 16.7 Å². The zero-order valence-electron chi connectivity index (χ0n) is 18.0. The van der Waals surface area contributed by atoms with E-state index in [-0.39, 0.29) is 17.0 Å². The lowest BCUT2D eigenvalue weighted by molar-refractivity contribution is 0.101. The number of amides is 1. The first-order valence-electron chi connectivity index (χ1n) is 10.4. The molecule has 0 aliphatic heterocycles. The Labute approximate surface area is 194 Å². The van der Waals surface area contributed by atoms with Crippen LogP contribution in [0.4, 0.5) is 5.69 Å². The molecule has 8 heteroatoms. The standard InChI is InChI=1S/C25H20ClN5O2/c1-15-3-6-17(7-4-15)14-30-21-13-16(2)5-12-20(21)31-23(25(30)33)28-22(29-31)24(32)27-19-10-8-18(26)9-11-19/h3-13H,14H2,1-2H3,(H,27,32). The zero-order valence-corrected chi connectivity index (χ0v) is 18.8. The normalized spacial score (nSPS) is 11.2. The number of hydrogen-bond donors (Lipinski definition) is 1. The Morgan fingerprint density at radius 3 is 2.36 bits per heavy atom. The van der Waals surface area contributed by atoms with Crippen LogP contribution in [0.2, 0.25) is 5.02 Å². The molecule has 2 aromatic heterocycles. The predicted octanol–water partition coefficient (Wildman–Crippen LogP) is 4.62. The van der Waals surface area contributed by atoms with Crippen LogP contribution in [0.5, 0.6) is 0 Å². The summed E-state index contributed by atoms with van der Waals surface area (Å²) in [6, 6.07) is 20.5. The number of benzene rings is 3. The highest BCUT2D eigenvalue weighted by molar-refractivity contribution is 6.30. The Hall–Kier alpha value is -3.97. The Morgan fingerprint density at radius 2 is 1.64 bits per heavy atom. The highest BCUT2D eigenvalue weighted by Crippen LogP contribution is 2.18. The van der Waals surface area contributed by atoms with Crippen LogP contribution in [0.3, 0.4) is 0 Å². The summed E-state index contributed by atoms with van der Waals surface area (Å²) in [5.74, 6) is -0.595. The summed E-state index contributed by atoms with van der Waals surface area (Å²) in [4.78, 5) is 30.5. The molecule has 0 saturated carbocycles. The van der Waals surface area contributed by atoms with Crippen molar-refractivity contribution in [2.45, 2.75) is 20.4 Å². The Kier molecular flexibility index (Phi) is 5.18. The van der Waals surface area contributed by atoms with Crippen molar-refractivity contribution < 1.29 is 4.79 Å². The Bertz CT molecular complexity index is 1570. The van der Waals surface area contributed by atoms with E-state index in [1.54, 1.807) is 28.8 Å². The van der Waals surface area contributed by atoms with Gasteiger partial charge in [-0.1, -0.05) is 47.5 Å². The van der Waals surface area contributed by atoms with E-state index in [0.717, 1.165) is 22.2 Å². The molecule has 0 radical (unpaired) electrons. The lowest BCUT2D eigenvalue weighted by atomic mass is 10.1. The third kappa shape index (κ3) is 3.99. The second kappa shape index (κ2) is 8.18. The molecule has 7 nitrogen and oxygen atoms in total. The van der Waals surface area contributed by atoms with Crippen molar-refractivity contribution in [2.24, 2.45) is 0 Å². The molecule has 164 valence electrons. The van der Waals surface area contributed by atoms with Gasteiger partial charge in [-0.2, -0.15) is 4.98 Å². The lowest BCUT2D eigenvalue weighted by Crippen LogP contribution is -2.24. The van der Waals surface area contributed by atoms with Gasteiger partial charge in [0.25, 0.3) is 11.5 Å². The minimum Gasteiger partial charge on any atom is -0.319 e. The monoisotopic (exact) mass is 457 g/mol. The molecule has 33 heavy (non-hydrogen) atoms. The Balaban J connectivity index is 1.63. The second-order valence-electron chi connectivity index (χ2n) is 8.00. The number of anilines is 1. The van der Waals surface area contributed by atoms with E-state index in [4.69, 9.17) is 11.6 Å². The molecule has 0 spiro atoms. The quantitative estimate of drug-likeness (QED) is 0.427. The number of nitrogens with zero attached hydrogens (tertiary/aromatic N) is 4. The molecule has 3 aromatic carbocycles. The fourth-order valence-electron chi connectivity index (χ4n) is 3.73. The van der Waals surface area contributed by atoms with Crippen LogP contribution >= 0.6 is 11.6 Å². The maximum atomic E-state index is 13.5. The van der Waals surface area contributed by atoms with Crippen molar-refractivity contribution in [2.75, 3.05) is 5.32 Å². The minimum atomic E-state index is -0.509. The van der Waals surface area contributed by atoms with Crippen molar-refractivity contribution in [3.05, 3.63) is 105 Å². The van der Waals surface area contributed by atoms with Gasteiger partial charge in [0.05, 0.1) is 17.6 Å². The van der Waals surface area contributed by atoms with Crippen molar-refractivity contribution in [1.82, 2.24) is 19.2 Å².